The minimum absolute atomic E-state index is 0.0847. The number of allylic oxidation sites excluding steroid dienone is 2. The molecule has 1 aliphatic carbocycles. The number of anilines is 1. The van der Waals surface area contributed by atoms with Crippen LogP contribution in [0.3, 0.4) is 0 Å². The highest BCUT2D eigenvalue weighted by Crippen LogP contribution is 2.36. The lowest BCUT2D eigenvalue weighted by molar-refractivity contribution is -0.146. The van der Waals surface area contributed by atoms with Crippen molar-refractivity contribution in [2.24, 2.45) is 11.8 Å². The minimum Gasteiger partial charge on any atom is -0.481 e. The molecule has 28 heavy (non-hydrogen) atoms. The van der Waals surface area contributed by atoms with Gasteiger partial charge in [-0.1, -0.05) is 12.2 Å². The van der Waals surface area contributed by atoms with Crippen LogP contribution in [-0.2, 0) is 19.1 Å². The second-order valence-corrected chi connectivity index (χ2v) is 7.21. The summed E-state index contributed by atoms with van der Waals surface area (Å²) < 4.78 is 10.1. The second kappa shape index (κ2) is 9.50. The Balaban J connectivity index is 2.37. The molecule has 2 N–H and O–H groups in total. The van der Waals surface area contributed by atoms with Gasteiger partial charge in [0.25, 0.3) is 0 Å². The third kappa shape index (κ3) is 4.59. The number of hydrogen-bond donors (Lipinski definition) is 2. The number of carbonyl (C=O) groups is 4. The average molecular weight is 409 g/mol. The maximum Gasteiger partial charge on any atom is 0.348 e. The zero-order valence-electron chi connectivity index (χ0n) is 15.9. The average Bonchev–Trinajstić information content (AvgIpc) is 2.98. The number of nitrogens with one attached hydrogen (secondary N) is 1. The number of ether oxygens (including phenoxy) is 2. The van der Waals surface area contributed by atoms with Gasteiger partial charge < -0.3 is 19.9 Å². The van der Waals surface area contributed by atoms with Crippen molar-refractivity contribution in [2.45, 2.75) is 33.6 Å². The van der Waals surface area contributed by atoms with E-state index in [1.54, 1.807) is 32.9 Å². The van der Waals surface area contributed by atoms with Crippen molar-refractivity contribution in [1.82, 2.24) is 0 Å². The van der Waals surface area contributed by atoms with Crippen molar-refractivity contribution >= 4 is 40.2 Å². The summed E-state index contributed by atoms with van der Waals surface area (Å²) in [6.45, 7) is 5.19. The molecule has 0 aliphatic heterocycles. The van der Waals surface area contributed by atoms with E-state index < -0.39 is 35.7 Å². The van der Waals surface area contributed by atoms with E-state index in [4.69, 9.17) is 9.47 Å². The van der Waals surface area contributed by atoms with E-state index in [1.807, 2.05) is 0 Å². The van der Waals surface area contributed by atoms with Crippen molar-refractivity contribution in [3.8, 4) is 0 Å². The van der Waals surface area contributed by atoms with Crippen LogP contribution < -0.4 is 5.32 Å². The number of carboxylic acids is 1. The first-order valence-corrected chi connectivity index (χ1v) is 9.79. The Morgan fingerprint density at radius 1 is 1.07 bits per heavy atom. The highest BCUT2D eigenvalue weighted by Gasteiger charge is 2.35. The predicted octanol–water partition coefficient (Wildman–Crippen LogP) is 3.02. The van der Waals surface area contributed by atoms with Gasteiger partial charge in [0.05, 0.1) is 30.6 Å². The zero-order chi connectivity index (χ0) is 20.8. The lowest BCUT2D eigenvalue weighted by Crippen LogP contribution is -2.34. The molecule has 0 bridgehead atoms. The molecule has 9 heteroatoms. The van der Waals surface area contributed by atoms with E-state index in [9.17, 15) is 24.3 Å². The highest BCUT2D eigenvalue weighted by atomic mass is 32.1. The SMILES string of the molecule is CCOC(=O)c1sc(NC(=O)[C@@H]2CC=CC[C@@H]2C(=O)O)c(C(=O)OCC)c1C. The van der Waals surface area contributed by atoms with Crippen molar-refractivity contribution in [3.63, 3.8) is 0 Å². The quantitative estimate of drug-likeness (QED) is 0.525. The Bertz CT molecular complexity index is 811. The van der Waals surface area contributed by atoms with Gasteiger partial charge in [-0.3, -0.25) is 9.59 Å². The van der Waals surface area contributed by atoms with Gasteiger partial charge in [-0.15, -0.1) is 11.3 Å². The molecule has 1 amide bonds. The van der Waals surface area contributed by atoms with Gasteiger partial charge >= 0.3 is 17.9 Å². The molecule has 1 aromatic heterocycles. The summed E-state index contributed by atoms with van der Waals surface area (Å²) in [6, 6.07) is 0. The first-order chi connectivity index (χ1) is 13.3. The molecule has 2 atom stereocenters. The number of rotatable bonds is 7. The first-order valence-electron chi connectivity index (χ1n) is 8.98. The predicted molar refractivity (Wildman–Crippen MR) is 103 cm³/mol. The third-order valence-electron chi connectivity index (χ3n) is 4.41. The minimum atomic E-state index is -1.05. The van der Waals surface area contributed by atoms with Crippen LogP contribution in [0.1, 0.15) is 52.3 Å². The largest absolute Gasteiger partial charge is 0.481 e. The number of carbonyl (C=O) groups excluding carboxylic acids is 3. The number of amides is 1. The normalized spacial score (nSPS) is 18.4. The fourth-order valence-corrected chi connectivity index (χ4v) is 4.12. The number of thiophene rings is 1. The van der Waals surface area contributed by atoms with Crippen LogP contribution in [0.15, 0.2) is 12.2 Å². The van der Waals surface area contributed by atoms with E-state index in [-0.39, 0.29) is 41.5 Å². The van der Waals surface area contributed by atoms with Gasteiger partial charge in [0.15, 0.2) is 0 Å². The van der Waals surface area contributed by atoms with E-state index in [2.05, 4.69) is 5.32 Å². The fraction of sp³-hybridized carbons (Fsp3) is 0.474. The number of aliphatic carboxylic acids is 1. The highest BCUT2D eigenvalue weighted by molar-refractivity contribution is 7.18. The van der Waals surface area contributed by atoms with Crippen molar-refractivity contribution in [1.29, 1.82) is 0 Å². The molecule has 0 saturated carbocycles. The Kier molecular flexibility index (Phi) is 7.33. The van der Waals surface area contributed by atoms with Gasteiger partial charge in [-0.05, 0) is 39.2 Å². The summed E-state index contributed by atoms with van der Waals surface area (Å²) in [7, 11) is 0. The Labute approximate surface area is 166 Å². The van der Waals surface area contributed by atoms with Gasteiger partial charge in [0.2, 0.25) is 5.91 Å². The van der Waals surface area contributed by atoms with Crippen molar-refractivity contribution < 1.29 is 33.8 Å². The molecule has 1 aliphatic rings. The van der Waals surface area contributed by atoms with Crippen LogP contribution >= 0.6 is 11.3 Å². The summed E-state index contributed by atoms with van der Waals surface area (Å²) >= 11 is 0.918. The molecule has 152 valence electrons. The second-order valence-electron chi connectivity index (χ2n) is 6.18. The zero-order valence-corrected chi connectivity index (χ0v) is 16.8. The Morgan fingerprint density at radius 3 is 2.21 bits per heavy atom. The number of hydrogen-bond acceptors (Lipinski definition) is 7. The summed E-state index contributed by atoms with van der Waals surface area (Å²) in [5.41, 5.74) is 0.442. The van der Waals surface area contributed by atoms with Crippen LogP contribution in [-0.4, -0.2) is 42.1 Å². The molecule has 1 heterocycles. The Hall–Kier alpha value is -2.68. The standard InChI is InChI=1S/C19H23NO7S/c1-4-26-18(24)13-10(3)14(19(25)27-5-2)28-16(13)20-15(21)11-8-6-7-9-12(11)17(22)23/h6-7,11-12H,4-5,8-9H2,1-3H3,(H,20,21)(H,22,23)/t11-,12+/m1/s1. The molecule has 8 nitrogen and oxygen atoms in total. The third-order valence-corrected chi connectivity index (χ3v) is 5.60. The molecular formula is C19H23NO7S. The van der Waals surface area contributed by atoms with E-state index in [1.165, 1.54) is 0 Å². The number of carboxylic acid groups (broad SMARTS) is 1. The Morgan fingerprint density at radius 2 is 1.64 bits per heavy atom. The molecule has 0 aromatic carbocycles. The van der Waals surface area contributed by atoms with Gasteiger partial charge in [-0.2, -0.15) is 0 Å². The molecule has 0 radical (unpaired) electrons. The van der Waals surface area contributed by atoms with E-state index >= 15 is 0 Å². The van der Waals surface area contributed by atoms with Crippen molar-refractivity contribution in [3.05, 3.63) is 28.2 Å². The van der Waals surface area contributed by atoms with E-state index in [0.717, 1.165) is 11.3 Å². The molecule has 0 spiro atoms. The summed E-state index contributed by atoms with van der Waals surface area (Å²) in [4.78, 5) is 49.0. The topological polar surface area (TPSA) is 119 Å². The number of esters is 2. The molecule has 0 saturated heterocycles. The molecule has 1 aromatic rings. The first kappa shape index (κ1) is 21.6. The van der Waals surface area contributed by atoms with E-state index in [0.29, 0.717) is 5.56 Å². The van der Waals surface area contributed by atoms with Crippen LogP contribution in [0, 0.1) is 18.8 Å². The van der Waals surface area contributed by atoms with Gasteiger partial charge in [0.1, 0.15) is 9.88 Å². The van der Waals surface area contributed by atoms with Gasteiger partial charge in [-0.25, -0.2) is 9.59 Å². The maximum atomic E-state index is 12.8. The fourth-order valence-electron chi connectivity index (χ4n) is 3.02. The summed E-state index contributed by atoms with van der Waals surface area (Å²) in [6.07, 6.45) is 4.04. The molecular weight excluding hydrogens is 386 g/mol. The van der Waals surface area contributed by atoms with Crippen LogP contribution in [0.25, 0.3) is 0 Å². The smallest absolute Gasteiger partial charge is 0.348 e. The molecule has 0 fully saturated rings. The van der Waals surface area contributed by atoms with Gasteiger partial charge in [0, 0.05) is 0 Å². The summed E-state index contributed by atoms with van der Waals surface area (Å²) in [5.74, 6) is -4.45. The van der Waals surface area contributed by atoms with Crippen LogP contribution in [0.5, 0.6) is 0 Å². The monoisotopic (exact) mass is 409 g/mol. The van der Waals surface area contributed by atoms with Crippen LogP contribution in [0.2, 0.25) is 0 Å². The summed E-state index contributed by atoms with van der Waals surface area (Å²) in [5, 5.41) is 12.2. The maximum absolute atomic E-state index is 12.8. The van der Waals surface area contributed by atoms with Crippen LogP contribution in [0.4, 0.5) is 5.00 Å². The lowest BCUT2D eigenvalue weighted by Gasteiger charge is -2.24. The van der Waals surface area contributed by atoms with Crippen molar-refractivity contribution in [2.75, 3.05) is 18.5 Å². The molecule has 2 rings (SSSR count). The molecule has 0 unspecified atom stereocenters. The lowest BCUT2D eigenvalue weighted by atomic mass is 9.82.